The van der Waals surface area contributed by atoms with Crippen molar-refractivity contribution in [2.24, 2.45) is 5.73 Å². The number of carbonyl (C=O) groups is 1. The van der Waals surface area contributed by atoms with Gasteiger partial charge in [0.15, 0.2) is 9.84 Å². The summed E-state index contributed by atoms with van der Waals surface area (Å²) in [5, 5.41) is 0.190. The lowest BCUT2D eigenvalue weighted by Crippen LogP contribution is -2.21. The van der Waals surface area contributed by atoms with Crippen LogP contribution >= 0.6 is 11.6 Å². The quantitative estimate of drug-likeness (QED) is 0.770. The Hall–Kier alpha value is -2.26. The molecular weight excluding hydrogens is 407 g/mol. The fourth-order valence-electron chi connectivity index (χ4n) is 2.53. The van der Waals surface area contributed by atoms with Gasteiger partial charge in [0.1, 0.15) is 5.75 Å². The number of rotatable bonds is 6. The maximum atomic E-state index is 12.7. The first-order chi connectivity index (χ1) is 12.4. The standard InChI is InChI=1S/C17H15ClF3NO4S/c1-2-27(24,25)15-7-6-11(18)8-10(15)9-13-12(16(22)23)4-3-5-14(13)26-17(19,20)21/h3-8H,2,9H2,1H3,(H2,22,23). The zero-order valence-electron chi connectivity index (χ0n) is 14.0. The molecule has 2 aromatic rings. The van der Waals surface area contributed by atoms with Crippen molar-refractivity contribution in [2.75, 3.05) is 5.75 Å². The van der Waals surface area contributed by atoms with Gasteiger partial charge in [-0.25, -0.2) is 8.42 Å². The molecule has 0 aliphatic heterocycles. The van der Waals surface area contributed by atoms with E-state index in [1.165, 1.54) is 37.3 Å². The average molecular weight is 422 g/mol. The van der Waals surface area contributed by atoms with Gasteiger partial charge in [-0.05, 0) is 35.9 Å². The van der Waals surface area contributed by atoms with Crippen LogP contribution in [0.2, 0.25) is 5.02 Å². The van der Waals surface area contributed by atoms with Crippen LogP contribution in [0, 0.1) is 0 Å². The number of carbonyl (C=O) groups excluding carboxylic acids is 1. The Morgan fingerprint density at radius 2 is 1.89 bits per heavy atom. The van der Waals surface area contributed by atoms with Crippen molar-refractivity contribution in [2.45, 2.75) is 24.6 Å². The van der Waals surface area contributed by atoms with Crippen molar-refractivity contribution in [1.29, 1.82) is 0 Å². The highest BCUT2D eigenvalue weighted by Crippen LogP contribution is 2.33. The molecule has 0 aliphatic carbocycles. The Labute approximate surface area is 158 Å². The van der Waals surface area contributed by atoms with E-state index in [1.54, 1.807) is 0 Å². The lowest BCUT2D eigenvalue weighted by Gasteiger charge is -2.17. The van der Waals surface area contributed by atoms with E-state index in [2.05, 4.69) is 4.74 Å². The summed E-state index contributed by atoms with van der Waals surface area (Å²) < 4.78 is 66.8. The van der Waals surface area contributed by atoms with Crippen LogP contribution in [0.4, 0.5) is 13.2 Å². The number of benzene rings is 2. The van der Waals surface area contributed by atoms with Crippen LogP contribution in [0.25, 0.3) is 0 Å². The van der Waals surface area contributed by atoms with Crippen LogP contribution in [0.3, 0.4) is 0 Å². The van der Waals surface area contributed by atoms with Crippen LogP contribution < -0.4 is 10.5 Å². The Balaban J connectivity index is 2.67. The second-order valence-corrected chi connectivity index (χ2v) is 8.21. The maximum absolute atomic E-state index is 12.7. The van der Waals surface area contributed by atoms with Crippen molar-refractivity contribution in [1.82, 2.24) is 0 Å². The summed E-state index contributed by atoms with van der Waals surface area (Å²) in [7, 11) is -3.68. The van der Waals surface area contributed by atoms with Crippen LogP contribution in [0.5, 0.6) is 5.75 Å². The van der Waals surface area contributed by atoms with Gasteiger partial charge in [-0.3, -0.25) is 4.79 Å². The molecule has 146 valence electrons. The Morgan fingerprint density at radius 3 is 2.44 bits per heavy atom. The minimum Gasteiger partial charge on any atom is -0.405 e. The van der Waals surface area contributed by atoms with E-state index in [0.717, 1.165) is 6.07 Å². The molecule has 2 rings (SSSR count). The van der Waals surface area contributed by atoms with Gasteiger partial charge in [0.05, 0.1) is 10.6 Å². The van der Waals surface area contributed by atoms with Crippen molar-refractivity contribution >= 4 is 27.3 Å². The number of hydrogen-bond acceptors (Lipinski definition) is 4. The summed E-state index contributed by atoms with van der Waals surface area (Å²) in [6.07, 6.45) is -5.35. The van der Waals surface area contributed by atoms with Crippen LogP contribution in [-0.4, -0.2) is 26.4 Å². The summed E-state index contributed by atoms with van der Waals surface area (Å²) >= 11 is 5.93. The second-order valence-electron chi connectivity index (χ2n) is 5.53. The predicted octanol–water partition coefficient (Wildman–Crippen LogP) is 3.72. The number of nitrogens with two attached hydrogens (primary N) is 1. The van der Waals surface area contributed by atoms with E-state index >= 15 is 0 Å². The molecule has 0 unspecified atom stereocenters. The maximum Gasteiger partial charge on any atom is 0.573 e. The molecule has 27 heavy (non-hydrogen) atoms. The van der Waals surface area contributed by atoms with Gasteiger partial charge in [0, 0.05) is 22.6 Å². The van der Waals surface area contributed by atoms with Gasteiger partial charge in [0.25, 0.3) is 0 Å². The third-order valence-corrected chi connectivity index (χ3v) is 5.79. The lowest BCUT2D eigenvalue weighted by atomic mass is 9.98. The Bertz CT molecular complexity index is 975. The van der Waals surface area contributed by atoms with E-state index in [4.69, 9.17) is 17.3 Å². The topological polar surface area (TPSA) is 86.5 Å². The van der Waals surface area contributed by atoms with Crippen LogP contribution in [0.1, 0.15) is 28.4 Å². The molecule has 0 heterocycles. The van der Waals surface area contributed by atoms with Crippen molar-refractivity contribution in [3.8, 4) is 5.75 Å². The van der Waals surface area contributed by atoms with Gasteiger partial charge >= 0.3 is 6.36 Å². The monoisotopic (exact) mass is 421 g/mol. The number of hydrogen-bond donors (Lipinski definition) is 1. The predicted molar refractivity (Wildman–Crippen MR) is 93.6 cm³/mol. The van der Waals surface area contributed by atoms with Crippen molar-refractivity contribution in [3.63, 3.8) is 0 Å². The first-order valence-electron chi connectivity index (χ1n) is 7.63. The fraction of sp³-hybridized carbons (Fsp3) is 0.235. The van der Waals surface area contributed by atoms with Gasteiger partial charge in [-0.15, -0.1) is 13.2 Å². The third-order valence-electron chi connectivity index (χ3n) is 3.73. The summed E-state index contributed by atoms with van der Waals surface area (Å²) in [6, 6.07) is 7.40. The normalized spacial score (nSPS) is 12.0. The number of primary amides is 1. The number of alkyl halides is 3. The molecule has 10 heteroatoms. The SMILES string of the molecule is CCS(=O)(=O)c1ccc(Cl)cc1Cc1c(OC(F)(F)F)cccc1C(N)=O. The zero-order chi connectivity index (χ0) is 20.4. The Kier molecular flexibility index (Phi) is 6.06. The van der Waals surface area contributed by atoms with E-state index < -0.39 is 27.9 Å². The largest absolute Gasteiger partial charge is 0.573 e. The molecule has 0 fully saturated rings. The van der Waals surface area contributed by atoms with Gasteiger partial charge in [0.2, 0.25) is 5.91 Å². The molecule has 0 aliphatic rings. The summed E-state index contributed by atoms with van der Waals surface area (Å²) in [6.45, 7) is 1.43. The highest BCUT2D eigenvalue weighted by atomic mass is 35.5. The molecule has 2 aromatic carbocycles. The van der Waals surface area contributed by atoms with Gasteiger partial charge in [-0.1, -0.05) is 24.6 Å². The second kappa shape index (κ2) is 7.77. The fourth-order valence-corrected chi connectivity index (χ4v) is 3.85. The molecule has 0 spiro atoms. The van der Waals surface area contributed by atoms with Crippen LogP contribution in [-0.2, 0) is 16.3 Å². The molecule has 0 saturated heterocycles. The van der Waals surface area contributed by atoms with E-state index in [9.17, 15) is 26.4 Å². The van der Waals surface area contributed by atoms with Crippen molar-refractivity contribution in [3.05, 3.63) is 58.1 Å². The van der Waals surface area contributed by atoms with E-state index in [1.807, 2.05) is 0 Å². The highest BCUT2D eigenvalue weighted by molar-refractivity contribution is 7.91. The molecule has 1 amide bonds. The molecule has 0 saturated carbocycles. The van der Waals surface area contributed by atoms with E-state index in [-0.39, 0.29) is 38.8 Å². The number of sulfone groups is 1. The summed E-state index contributed by atoms with van der Waals surface area (Å²) in [4.78, 5) is 11.6. The molecule has 5 nitrogen and oxygen atoms in total. The molecule has 0 atom stereocenters. The first kappa shape index (κ1) is 21.0. The van der Waals surface area contributed by atoms with Crippen LogP contribution in [0.15, 0.2) is 41.3 Å². The van der Waals surface area contributed by atoms with Crippen molar-refractivity contribution < 1.29 is 31.1 Å². The highest BCUT2D eigenvalue weighted by Gasteiger charge is 2.33. The summed E-state index contributed by atoms with van der Waals surface area (Å²) in [5.74, 6) is -1.83. The molecular formula is C17H15ClF3NO4S. The molecule has 0 bridgehead atoms. The molecule has 2 N–H and O–H groups in total. The summed E-state index contributed by atoms with van der Waals surface area (Å²) in [5.41, 5.74) is 5.00. The minimum absolute atomic E-state index is 0.0911. The number of ether oxygens (including phenoxy) is 1. The smallest absolute Gasteiger partial charge is 0.405 e. The number of halogens is 4. The van der Waals surface area contributed by atoms with Gasteiger partial charge in [-0.2, -0.15) is 0 Å². The third kappa shape index (κ3) is 5.14. The molecule has 0 aromatic heterocycles. The minimum atomic E-state index is -5.00. The first-order valence-corrected chi connectivity index (χ1v) is 9.66. The Morgan fingerprint density at radius 1 is 1.22 bits per heavy atom. The average Bonchev–Trinajstić information content (AvgIpc) is 2.54. The lowest BCUT2D eigenvalue weighted by molar-refractivity contribution is -0.274. The number of amides is 1. The zero-order valence-corrected chi connectivity index (χ0v) is 15.6. The van der Waals surface area contributed by atoms with E-state index in [0.29, 0.717) is 0 Å². The van der Waals surface area contributed by atoms with Gasteiger partial charge < -0.3 is 10.5 Å². The molecule has 0 radical (unpaired) electrons.